The number of hydrogen-bond acceptors (Lipinski definition) is 3. The molecule has 0 radical (unpaired) electrons. The Morgan fingerprint density at radius 1 is 1.47 bits per heavy atom. The fourth-order valence-electron chi connectivity index (χ4n) is 2.20. The number of methoxy groups -OCH3 is 1. The number of aryl methyl sites for hydroxylation is 1. The average molecular weight is 233 g/mol. The molecule has 0 spiro atoms. The highest BCUT2D eigenvalue weighted by Crippen LogP contribution is 2.26. The van der Waals surface area contributed by atoms with Gasteiger partial charge in [-0.15, -0.1) is 0 Å². The Morgan fingerprint density at radius 2 is 2.24 bits per heavy atom. The molecular formula is C13H19N3O. The predicted octanol–water partition coefficient (Wildman–Crippen LogP) is 2.52. The van der Waals surface area contributed by atoms with Gasteiger partial charge in [0.15, 0.2) is 0 Å². The molecule has 0 bridgehead atoms. The molecule has 4 nitrogen and oxygen atoms in total. The topological polar surface area (TPSA) is 53.1 Å². The Bertz CT molecular complexity index is 519. The highest BCUT2D eigenvalue weighted by atomic mass is 16.5. The van der Waals surface area contributed by atoms with Crippen molar-refractivity contribution >= 4 is 17.0 Å². The fraction of sp³-hybridized carbons (Fsp3) is 0.462. The average Bonchev–Trinajstić information content (AvgIpc) is 2.64. The molecule has 1 heterocycles. The van der Waals surface area contributed by atoms with Crippen molar-refractivity contribution in [1.82, 2.24) is 9.55 Å². The summed E-state index contributed by atoms with van der Waals surface area (Å²) in [6.45, 7) is 4.96. The molecule has 0 aliphatic rings. The third kappa shape index (κ3) is 2.13. The number of benzene rings is 1. The summed E-state index contributed by atoms with van der Waals surface area (Å²) in [6, 6.07) is 6.39. The van der Waals surface area contributed by atoms with E-state index in [0.717, 1.165) is 24.1 Å². The van der Waals surface area contributed by atoms with E-state index in [2.05, 4.69) is 29.5 Å². The number of para-hydroxylation sites is 1. The van der Waals surface area contributed by atoms with Crippen LogP contribution >= 0.6 is 0 Å². The number of nitrogens with zero attached hydrogens (tertiary/aromatic N) is 2. The van der Waals surface area contributed by atoms with Gasteiger partial charge >= 0.3 is 0 Å². The van der Waals surface area contributed by atoms with Crippen molar-refractivity contribution in [2.45, 2.75) is 26.3 Å². The molecule has 0 aliphatic heterocycles. The Kier molecular flexibility index (Phi) is 3.33. The fourth-order valence-corrected chi connectivity index (χ4v) is 2.20. The number of nitrogens with two attached hydrogens (primary N) is 1. The van der Waals surface area contributed by atoms with Gasteiger partial charge in [0.2, 0.25) is 5.95 Å². The first kappa shape index (κ1) is 11.9. The van der Waals surface area contributed by atoms with Gasteiger partial charge in [-0.3, -0.25) is 0 Å². The highest BCUT2D eigenvalue weighted by Gasteiger charge is 2.14. The van der Waals surface area contributed by atoms with Crippen molar-refractivity contribution in [3.8, 4) is 0 Å². The van der Waals surface area contributed by atoms with Gasteiger partial charge in [-0.1, -0.05) is 12.1 Å². The summed E-state index contributed by atoms with van der Waals surface area (Å²) in [5, 5.41) is 0. The summed E-state index contributed by atoms with van der Waals surface area (Å²) in [5.41, 5.74) is 9.31. The lowest BCUT2D eigenvalue weighted by molar-refractivity contribution is 0.182. The highest BCUT2D eigenvalue weighted by molar-refractivity contribution is 5.81. The summed E-state index contributed by atoms with van der Waals surface area (Å²) in [7, 11) is 1.72. The van der Waals surface area contributed by atoms with Crippen LogP contribution in [0.2, 0.25) is 0 Å². The second kappa shape index (κ2) is 4.75. The summed E-state index contributed by atoms with van der Waals surface area (Å²) in [6.07, 6.45) is 0.931. The molecule has 1 aromatic carbocycles. The van der Waals surface area contributed by atoms with E-state index in [-0.39, 0.29) is 0 Å². The van der Waals surface area contributed by atoms with Gasteiger partial charge in [-0.2, -0.15) is 0 Å². The number of imidazole rings is 1. The lowest BCUT2D eigenvalue weighted by Crippen LogP contribution is -2.11. The summed E-state index contributed by atoms with van der Waals surface area (Å²) in [5.74, 6) is 0.581. The van der Waals surface area contributed by atoms with Gasteiger partial charge in [0, 0.05) is 19.8 Å². The third-order valence-electron chi connectivity index (χ3n) is 3.12. The molecule has 17 heavy (non-hydrogen) atoms. The minimum atomic E-state index is 0.293. The Balaban J connectivity index is 2.48. The van der Waals surface area contributed by atoms with Crippen molar-refractivity contribution in [2.75, 3.05) is 19.5 Å². The smallest absolute Gasteiger partial charge is 0.201 e. The zero-order chi connectivity index (χ0) is 12.4. The van der Waals surface area contributed by atoms with E-state index >= 15 is 0 Å². The Labute approximate surface area is 101 Å². The molecule has 1 unspecified atom stereocenters. The van der Waals surface area contributed by atoms with Gasteiger partial charge in [0.25, 0.3) is 0 Å². The van der Waals surface area contributed by atoms with E-state index in [1.807, 2.05) is 12.1 Å². The lowest BCUT2D eigenvalue weighted by Gasteiger charge is -2.16. The molecule has 1 atom stereocenters. The minimum Gasteiger partial charge on any atom is -0.385 e. The molecule has 0 saturated heterocycles. The standard InChI is InChI=1S/C13H19N3O/c1-9-5-4-6-11-12(9)16(13(14)15-11)10(2)7-8-17-3/h4-6,10H,7-8H2,1-3H3,(H2,14,15). The molecule has 1 aromatic heterocycles. The van der Waals surface area contributed by atoms with Crippen molar-refractivity contribution in [3.05, 3.63) is 23.8 Å². The number of ether oxygens (including phenoxy) is 1. The van der Waals surface area contributed by atoms with Gasteiger partial charge in [0.05, 0.1) is 11.0 Å². The quantitative estimate of drug-likeness (QED) is 0.882. The van der Waals surface area contributed by atoms with E-state index in [0.29, 0.717) is 12.0 Å². The number of nitrogen functional groups attached to an aromatic ring is 1. The molecule has 2 rings (SSSR count). The summed E-state index contributed by atoms with van der Waals surface area (Å²) < 4.78 is 7.22. The van der Waals surface area contributed by atoms with E-state index in [4.69, 9.17) is 10.5 Å². The van der Waals surface area contributed by atoms with E-state index in [9.17, 15) is 0 Å². The molecule has 0 amide bonds. The number of anilines is 1. The van der Waals surface area contributed by atoms with Crippen LogP contribution in [0, 0.1) is 6.92 Å². The van der Waals surface area contributed by atoms with E-state index in [1.165, 1.54) is 5.56 Å². The first-order valence-corrected chi connectivity index (χ1v) is 5.87. The number of fused-ring (bicyclic) bond motifs is 1. The minimum absolute atomic E-state index is 0.293. The second-order valence-electron chi connectivity index (χ2n) is 4.41. The van der Waals surface area contributed by atoms with E-state index in [1.54, 1.807) is 7.11 Å². The molecule has 2 N–H and O–H groups in total. The first-order valence-electron chi connectivity index (χ1n) is 5.87. The van der Waals surface area contributed by atoms with Crippen LogP contribution in [0.3, 0.4) is 0 Å². The molecule has 0 saturated carbocycles. The Hall–Kier alpha value is -1.55. The number of rotatable bonds is 4. The molecule has 0 aliphatic carbocycles. The van der Waals surface area contributed by atoms with Crippen molar-refractivity contribution in [1.29, 1.82) is 0 Å². The van der Waals surface area contributed by atoms with Crippen LogP contribution in [0.15, 0.2) is 18.2 Å². The van der Waals surface area contributed by atoms with Crippen LogP contribution in [-0.2, 0) is 4.74 Å². The normalized spacial score (nSPS) is 13.1. The first-order chi connectivity index (χ1) is 8.15. The van der Waals surface area contributed by atoms with Crippen LogP contribution in [0.1, 0.15) is 24.9 Å². The number of aromatic nitrogens is 2. The Morgan fingerprint density at radius 3 is 2.94 bits per heavy atom. The molecular weight excluding hydrogens is 214 g/mol. The zero-order valence-electron chi connectivity index (χ0n) is 10.6. The lowest BCUT2D eigenvalue weighted by atomic mass is 10.2. The molecule has 2 aromatic rings. The van der Waals surface area contributed by atoms with Crippen LogP contribution in [0.5, 0.6) is 0 Å². The summed E-state index contributed by atoms with van der Waals surface area (Å²) >= 11 is 0. The number of hydrogen-bond donors (Lipinski definition) is 1. The van der Waals surface area contributed by atoms with Gasteiger partial charge in [0.1, 0.15) is 0 Å². The molecule has 4 heteroatoms. The van der Waals surface area contributed by atoms with E-state index < -0.39 is 0 Å². The maximum Gasteiger partial charge on any atom is 0.201 e. The third-order valence-corrected chi connectivity index (χ3v) is 3.12. The zero-order valence-corrected chi connectivity index (χ0v) is 10.6. The maximum atomic E-state index is 6.01. The largest absolute Gasteiger partial charge is 0.385 e. The van der Waals surface area contributed by atoms with Crippen molar-refractivity contribution in [3.63, 3.8) is 0 Å². The maximum absolute atomic E-state index is 6.01. The van der Waals surface area contributed by atoms with Crippen LogP contribution in [-0.4, -0.2) is 23.3 Å². The SMILES string of the molecule is COCCC(C)n1c(N)nc2cccc(C)c21. The molecule has 92 valence electrons. The summed E-state index contributed by atoms with van der Waals surface area (Å²) in [4.78, 5) is 4.40. The van der Waals surface area contributed by atoms with Crippen LogP contribution in [0.4, 0.5) is 5.95 Å². The van der Waals surface area contributed by atoms with Crippen LogP contribution in [0.25, 0.3) is 11.0 Å². The van der Waals surface area contributed by atoms with Crippen LogP contribution < -0.4 is 5.73 Å². The van der Waals surface area contributed by atoms with Gasteiger partial charge < -0.3 is 15.0 Å². The van der Waals surface area contributed by atoms with Gasteiger partial charge in [-0.05, 0) is 31.9 Å². The molecule has 0 fully saturated rings. The predicted molar refractivity (Wildman–Crippen MR) is 70.1 cm³/mol. The van der Waals surface area contributed by atoms with Crippen molar-refractivity contribution < 1.29 is 4.74 Å². The second-order valence-corrected chi connectivity index (χ2v) is 4.41. The van der Waals surface area contributed by atoms with Gasteiger partial charge in [-0.25, -0.2) is 4.98 Å². The van der Waals surface area contributed by atoms with Crippen molar-refractivity contribution in [2.24, 2.45) is 0 Å². The monoisotopic (exact) mass is 233 g/mol.